The van der Waals surface area contributed by atoms with Gasteiger partial charge in [0.25, 0.3) is 5.91 Å². The SMILES string of the molecule is Cc1nc(CCc2ccccn2)sc1C(=O)NCCc1c[nH]c2ccccc12. The number of nitrogens with zero attached hydrogens (tertiary/aromatic N) is 2. The Morgan fingerprint density at radius 2 is 1.96 bits per heavy atom. The predicted octanol–water partition coefficient (Wildman–Crippen LogP) is 4.09. The highest BCUT2D eigenvalue weighted by Gasteiger charge is 2.15. The first-order valence-electron chi connectivity index (χ1n) is 9.40. The highest BCUT2D eigenvalue weighted by molar-refractivity contribution is 7.13. The lowest BCUT2D eigenvalue weighted by atomic mass is 10.1. The van der Waals surface area contributed by atoms with Gasteiger partial charge in [0.05, 0.1) is 10.7 Å². The van der Waals surface area contributed by atoms with Gasteiger partial charge in [-0.3, -0.25) is 9.78 Å². The molecule has 0 aliphatic rings. The van der Waals surface area contributed by atoms with Crippen LogP contribution in [0.25, 0.3) is 10.9 Å². The molecule has 6 heteroatoms. The highest BCUT2D eigenvalue weighted by atomic mass is 32.1. The van der Waals surface area contributed by atoms with E-state index in [9.17, 15) is 4.79 Å². The number of carbonyl (C=O) groups is 1. The average Bonchev–Trinajstić information content (AvgIpc) is 3.31. The molecule has 28 heavy (non-hydrogen) atoms. The first-order chi connectivity index (χ1) is 13.7. The molecule has 142 valence electrons. The van der Waals surface area contributed by atoms with Gasteiger partial charge in [0.15, 0.2) is 0 Å². The molecule has 0 aliphatic carbocycles. The van der Waals surface area contributed by atoms with Crippen molar-refractivity contribution in [1.82, 2.24) is 20.3 Å². The van der Waals surface area contributed by atoms with Crippen molar-refractivity contribution in [1.29, 1.82) is 0 Å². The van der Waals surface area contributed by atoms with Gasteiger partial charge in [-0.25, -0.2) is 4.98 Å². The number of aromatic amines is 1. The number of fused-ring (bicyclic) bond motifs is 1. The number of para-hydroxylation sites is 1. The molecule has 0 saturated carbocycles. The summed E-state index contributed by atoms with van der Waals surface area (Å²) in [5.41, 5.74) is 4.18. The van der Waals surface area contributed by atoms with Crippen molar-refractivity contribution < 1.29 is 4.79 Å². The maximum Gasteiger partial charge on any atom is 0.263 e. The molecular weight excluding hydrogens is 368 g/mol. The van der Waals surface area contributed by atoms with Crippen LogP contribution in [0.1, 0.15) is 31.6 Å². The lowest BCUT2D eigenvalue weighted by Crippen LogP contribution is -2.25. The zero-order valence-corrected chi connectivity index (χ0v) is 16.6. The van der Waals surface area contributed by atoms with Crippen LogP contribution in [0.4, 0.5) is 0 Å². The Kier molecular flexibility index (Phi) is 5.48. The van der Waals surface area contributed by atoms with E-state index < -0.39 is 0 Å². The minimum Gasteiger partial charge on any atom is -0.361 e. The van der Waals surface area contributed by atoms with Gasteiger partial charge in [-0.1, -0.05) is 24.3 Å². The number of amides is 1. The molecule has 0 aliphatic heterocycles. The van der Waals surface area contributed by atoms with E-state index in [1.54, 1.807) is 6.20 Å². The molecule has 0 saturated heterocycles. The fraction of sp³-hybridized carbons (Fsp3) is 0.227. The van der Waals surface area contributed by atoms with E-state index in [2.05, 4.69) is 32.4 Å². The third-order valence-corrected chi connectivity index (χ3v) is 5.94. The summed E-state index contributed by atoms with van der Waals surface area (Å²) in [6.45, 7) is 2.50. The van der Waals surface area contributed by atoms with Gasteiger partial charge in [-0.2, -0.15) is 0 Å². The quantitative estimate of drug-likeness (QED) is 0.499. The Labute approximate surface area is 167 Å². The number of nitrogens with one attached hydrogen (secondary N) is 2. The van der Waals surface area contributed by atoms with Crippen LogP contribution in [0.3, 0.4) is 0 Å². The Morgan fingerprint density at radius 3 is 2.82 bits per heavy atom. The van der Waals surface area contributed by atoms with E-state index in [0.717, 1.165) is 41.2 Å². The Morgan fingerprint density at radius 1 is 1.11 bits per heavy atom. The van der Waals surface area contributed by atoms with E-state index in [1.807, 2.05) is 43.5 Å². The van der Waals surface area contributed by atoms with Gasteiger partial charge >= 0.3 is 0 Å². The minimum atomic E-state index is -0.0427. The van der Waals surface area contributed by atoms with Crippen molar-refractivity contribution in [3.8, 4) is 0 Å². The first-order valence-corrected chi connectivity index (χ1v) is 10.2. The van der Waals surface area contributed by atoms with Crippen LogP contribution in [0.15, 0.2) is 54.9 Å². The first kappa shape index (κ1) is 18.4. The molecule has 1 amide bonds. The Hall–Kier alpha value is -2.99. The molecule has 4 aromatic rings. The van der Waals surface area contributed by atoms with Gasteiger partial charge in [-0.05, 0) is 43.5 Å². The maximum absolute atomic E-state index is 12.6. The number of thiazole rings is 1. The number of hydrogen-bond donors (Lipinski definition) is 2. The van der Waals surface area contributed by atoms with E-state index in [1.165, 1.54) is 22.3 Å². The van der Waals surface area contributed by atoms with Crippen LogP contribution < -0.4 is 5.32 Å². The predicted molar refractivity (Wildman–Crippen MR) is 113 cm³/mol. The lowest BCUT2D eigenvalue weighted by molar-refractivity contribution is 0.0957. The lowest BCUT2D eigenvalue weighted by Gasteiger charge is -2.03. The number of aryl methyl sites for hydroxylation is 3. The van der Waals surface area contributed by atoms with E-state index >= 15 is 0 Å². The zero-order valence-electron chi connectivity index (χ0n) is 15.7. The number of H-pyrrole nitrogens is 1. The second-order valence-electron chi connectivity index (χ2n) is 6.71. The molecule has 3 heterocycles. The minimum absolute atomic E-state index is 0.0427. The largest absolute Gasteiger partial charge is 0.361 e. The Bertz CT molecular complexity index is 1080. The van der Waals surface area contributed by atoms with Crippen LogP contribution in [0, 0.1) is 6.92 Å². The summed E-state index contributed by atoms with van der Waals surface area (Å²) in [4.78, 5) is 25.5. The summed E-state index contributed by atoms with van der Waals surface area (Å²) >= 11 is 1.48. The topological polar surface area (TPSA) is 70.7 Å². The molecule has 2 N–H and O–H groups in total. The molecule has 0 radical (unpaired) electrons. The van der Waals surface area contributed by atoms with Gasteiger partial charge in [0.1, 0.15) is 4.88 Å². The van der Waals surface area contributed by atoms with Crippen molar-refractivity contribution in [3.05, 3.63) is 81.7 Å². The molecule has 4 rings (SSSR count). The summed E-state index contributed by atoms with van der Waals surface area (Å²) in [5, 5.41) is 5.22. The molecule has 0 spiro atoms. The van der Waals surface area contributed by atoms with Crippen LogP contribution in [0.2, 0.25) is 0 Å². The van der Waals surface area contributed by atoms with Gasteiger partial charge in [-0.15, -0.1) is 11.3 Å². The fourth-order valence-electron chi connectivity index (χ4n) is 3.28. The van der Waals surface area contributed by atoms with Crippen molar-refractivity contribution in [2.45, 2.75) is 26.2 Å². The standard InChI is InChI=1S/C22H22N4OS/c1-15-21(28-20(26-15)10-9-17-6-4-5-12-23-17)22(27)24-13-11-16-14-25-19-8-3-2-7-18(16)19/h2-8,12,14,25H,9-11,13H2,1H3,(H,24,27). The third kappa shape index (κ3) is 4.12. The maximum atomic E-state index is 12.6. The highest BCUT2D eigenvalue weighted by Crippen LogP contribution is 2.20. The fourth-order valence-corrected chi connectivity index (χ4v) is 4.26. The zero-order chi connectivity index (χ0) is 19.3. The summed E-state index contributed by atoms with van der Waals surface area (Å²) < 4.78 is 0. The second-order valence-corrected chi connectivity index (χ2v) is 7.79. The number of pyridine rings is 1. The molecule has 1 aromatic carbocycles. The smallest absolute Gasteiger partial charge is 0.263 e. The van der Waals surface area contributed by atoms with Crippen LogP contribution in [-0.2, 0) is 19.3 Å². The van der Waals surface area contributed by atoms with Gasteiger partial charge in [0, 0.05) is 42.0 Å². The van der Waals surface area contributed by atoms with Gasteiger partial charge < -0.3 is 10.3 Å². The van der Waals surface area contributed by atoms with Crippen molar-refractivity contribution >= 4 is 28.1 Å². The van der Waals surface area contributed by atoms with Gasteiger partial charge in [0.2, 0.25) is 0 Å². The molecule has 0 bridgehead atoms. The van der Waals surface area contributed by atoms with Crippen LogP contribution in [-0.4, -0.2) is 27.4 Å². The Balaban J connectivity index is 1.33. The number of aromatic nitrogens is 3. The molecular formula is C22H22N4OS. The van der Waals surface area contributed by atoms with Crippen molar-refractivity contribution in [2.75, 3.05) is 6.54 Å². The van der Waals surface area contributed by atoms with Crippen LogP contribution >= 0.6 is 11.3 Å². The summed E-state index contributed by atoms with van der Waals surface area (Å²) in [7, 11) is 0. The van der Waals surface area contributed by atoms with E-state index in [0.29, 0.717) is 11.4 Å². The van der Waals surface area contributed by atoms with E-state index in [-0.39, 0.29) is 5.91 Å². The number of rotatable bonds is 7. The normalized spacial score (nSPS) is 11.0. The number of carbonyl (C=O) groups excluding carboxylic acids is 1. The summed E-state index contributed by atoms with van der Waals surface area (Å²) in [5.74, 6) is -0.0427. The summed E-state index contributed by atoms with van der Waals surface area (Å²) in [6, 6.07) is 14.1. The van der Waals surface area contributed by atoms with Crippen LogP contribution in [0.5, 0.6) is 0 Å². The van der Waals surface area contributed by atoms with E-state index in [4.69, 9.17) is 0 Å². The molecule has 0 atom stereocenters. The number of benzene rings is 1. The molecule has 5 nitrogen and oxygen atoms in total. The second kappa shape index (κ2) is 8.35. The van der Waals surface area contributed by atoms with Crippen molar-refractivity contribution in [3.63, 3.8) is 0 Å². The average molecular weight is 391 g/mol. The monoisotopic (exact) mass is 390 g/mol. The molecule has 0 fully saturated rings. The summed E-state index contributed by atoms with van der Waals surface area (Å²) in [6.07, 6.45) is 6.24. The third-order valence-electron chi connectivity index (χ3n) is 4.72. The van der Waals surface area contributed by atoms with Crippen molar-refractivity contribution in [2.24, 2.45) is 0 Å². The molecule has 0 unspecified atom stereocenters. The molecule has 3 aromatic heterocycles. The number of hydrogen-bond acceptors (Lipinski definition) is 4.